The van der Waals surface area contributed by atoms with Crippen molar-refractivity contribution in [2.75, 3.05) is 12.8 Å². The van der Waals surface area contributed by atoms with E-state index in [1.807, 2.05) is 63.2 Å². The van der Waals surface area contributed by atoms with E-state index < -0.39 is 7.80 Å². The molecule has 1 atom stereocenters. The highest BCUT2D eigenvalue weighted by atomic mass is 31.1. The zero-order chi connectivity index (χ0) is 16.1. The van der Waals surface area contributed by atoms with Gasteiger partial charge in [0.2, 0.25) is 0 Å². The lowest BCUT2D eigenvalue weighted by molar-refractivity contribution is 0.0527. The number of benzene rings is 2. The highest BCUT2D eigenvalue weighted by molar-refractivity contribution is 7.53. The van der Waals surface area contributed by atoms with Crippen LogP contribution in [-0.4, -0.2) is 18.7 Å². The van der Waals surface area contributed by atoms with Gasteiger partial charge in [-0.15, -0.1) is 0 Å². The van der Waals surface area contributed by atoms with Gasteiger partial charge in [-0.3, -0.25) is 0 Å². The van der Waals surface area contributed by atoms with E-state index in [9.17, 15) is 9.36 Å². The van der Waals surface area contributed by atoms with Gasteiger partial charge in [0.25, 0.3) is 0 Å². The van der Waals surface area contributed by atoms with E-state index in [2.05, 4.69) is 0 Å². The van der Waals surface area contributed by atoms with Gasteiger partial charge in [-0.2, -0.15) is 0 Å². The Labute approximate surface area is 132 Å². The predicted octanol–water partition coefficient (Wildman–Crippen LogP) is 3.92. The fourth-order valence-corrected chi connectivity index (χ4v) is 3.54. The molecule has 0 bridgehead atoms. The molecule has 3 nitrogen and oxygen atoms in total. The molecule has 1 unspecified atom stereocenters. The van der Waals surface area contributed by atoms with E-state index in [0.29, 0.717) is 11.7 Å². The molecule has 0 radical (unpaired) electrons. The van der Waals surface area contributed by atoms with Crippen LogP contribution in [0.5, 0.6) is 0 Å². The van der Waals surface area contributed by atoms with Crippen molar-refractivity contribution in [3.05, 3.63) is 64.7 Å². The van der Waals surface area contributed by atoms with Crippen molar-refractivity contribution >= 4 is 19.1 Å². The second kappa shape index (κ2) is 7.33. The molecule has 0 N–H and O–H groups in total. The van der Waals surface area contributed by atoms with Gasteiger partial charge in [-0.1, -0.05) is 40.5 Å². The average Bonchev–Trinajstić information content (AvgIpc) is 2.47. The van der Waals surface area contributed by atoms with Gasteiger partial charge < -0.3 is 4.74 Å². The Morgan fingerprint density at radius 1 is 1.05 bits per heavy atom. The topological polar surface area (TPSA) is 43.4 Å². The van der Waals surface area contributed by atoms with Gasteiger partial charge in [0.1, 0.15) is 6.61 Å². The first-order valence-electron chi connectivity index (χ1n) is 7.23. The van der Waals surface area contributed by atoms with Crippen LogP contribution in [0.1, 0.15) is 27.0 Å². The molecule has 2 rings (SSSR count). The molecule has 0 saturated carbocycles. The maximum absolute atomic E-state index is 12.2. The Morgan fingerprint density at radius 3 is 2.23 bits per heavy atom. The molecule has 2 aromatic rings. The molecular weight excluding hydrogens is 295 g/mol. The second-order valence-electron chi connectivity index (χ2n) is 5.35. The van der Waals surface area contributed by atoms with Crippen LogP contribution < -0.4 is 5.30 Å². The van der Waals surface area contributed by atoms with E-state index in [1.54, 1.807) is 0 Å². The highest BCUT2D eigenvalue weighted by Crippen LogP contribution is 2.20. The standard InChI is InChI=1S/C18H20O3P/c1-13-11-14(2)17(15(3)12-13)18(19)21-9-10-22(20)16-7-5-4-6-8-16/h4-8,11-12H,9-10H2,1-3H3/q+1. The first-order chi connectivity index (χ1) is 10.5. The number of ether oxygens (including phenoxy) is 1. The molecule has 4 heteroatoms. The molecule has 0 amide bonds. The summed E-state index contributed by atoms with van der Waals surface area (Å²) >= 11 is 0. The molecule has 0 aliphatic carbocycles. The van der Waals surface area contributed by atoms with Crippen LogP contribution in [0.15, 0.2) is 42.5 Å². The van der Waals surface area contributed by atoms with Crippen LogP contribution in [0.4, 0.5) is 0 Å². The number of rotatable bonds is 5. The minimum atomic E-state index is -1.52. The van der Waals surface area contributed by atoms with Crippen LogP contribution >= 0.6 is 7.80 Å². The van der Waals surface area contributed by atoms with Gasteiger partial charge in [0, 0.05) is 0 Å². The van der Waals surface area contributed by atoms with Crippen LogP contribution in [0.3, 0.4) is 0 Å². The Balaban J connectivity index is 1.95. The third kappa shape index (κ3) is 4.02. The molecule has 22 heavy (non-hydrogen) atoms. The van der Waals surface area contributed by atoms with Crippen molar-refractivity contribution in [1.29, 1.82) is 0 Å². The third-order valence-corrected chi connectivity index (χ3v) is 4.92. The number of aryl methyl sites for hydroxylation is 3. The lowest BCUT2D eigenvalue weighted by Crippen LogP contribution is -2.12. The molecule has 0 aliphatic heterocycles. The highest BCUT2D eigenvalue weighted by Gasteiger charge is 2.21. The van der Waals surface area contributed by atoms with Gasteiger partial charge >= 0.3 is 13.8 Å². The molecule has 0 heterocycles. The summed E-state index contributed by atoms with van der Waals surface area (Å²) in [6.07, 6.45) is 0.342. The Hall–Kier alpha value is -1.99. The summed E-state index contributed by atoms with van der Waals surface area (Å²) in [5, 5.41) is 0.788. The zero-order valence-electron chi connectivity index (χ0n) is 13.1. The fourth-order valence-electron chi connectivity index (χ4n) is 2.52. The van der Waals surface area contributed by atoms with Crippen LogP contribution in [0, 0.1) is 20.8 Å². The van der Waals surface area contributed by atoms with Gasteiger partial charge in [-0.25, -0.2) is 4.79 Å². The fraction of sp³-hybridized carbons (Fsp3) is 0.278. The third-order valence-electron chi connectivity index (χ3n) is 3.45. The smallest absolute Gasteiger partial charge is 0.380 e. The summed E-state index contributed by atoms with van der Waals surface area (Å²) in [4.78, 5) is 12.2. The van der Waals surface area contributed by atoms with E-state index in [1.165, 1.54) is 0 Å². The quantitative estimate of drug-likeness (QED) is 0.620. The molecule has 0 aromatic heterocycles. The summed E-state index contributed by atoms with van der Waals surface area (Å²) < 4.78 is 17.4. The molecule has 0 fully saturated rings. The number of carbonyl (C=O) groups is 1. The number of hydrogen-bond acceptors (Lipinski definition) is 3. The molecular formula is C18H20O3P+. The maximum Gasteiger partial charge on any atom is 0.380 e. The number of carbonyl (C=O) groups excluding carboxylic acids is 1. The van der Waals surface area contributed by atoms with Crippen LogP contribution in [-0.2, 0) is 9.30 Å². The lowest BCUT2D eigenvalue weighted by atomic mass is 10.00. The first kappa shape index (κ1) is 16.4. The molecule has 2 aromatic carbocycles. The maximum atomic E-state index is 12.2. The Morgan fingerprint density at radius 2 is 1.64 bits per heavy atom. The second-order valence-corrected chi connectivity index (χ2v) is 7.07. The summed E-state index contributed by atoms with van der Waals surface area (Å²) in [5.41, 5.74) is 3.56. The Bertz CT molecular complexity index is 670. The summed E-state index contributed by atoms with van der Waals surface area (Å²) in [6, 6.07) is 13.2. The lowest BCUT2D eigenvalue weighted by Gasteiger charge is -2.09. The molecule has 0 spiro atoms. The van der Waals surface area contributed by atoms with E-state index >= 15 is 0 Å². The monoisotopic (exact) mass is 315 g/mol. The largest absolute Gasteiger partial charge is 0.458 e. The number of hydrogen-bond donors (Lipinski definition) is 0. The van der Waals surface area contributed by atoms with E-state index in [0.717, 1.165) is 22.0 Å². The zero-order valence-corrected chi connectivity index (χ0v) is 14.0. The SMILES string of the molecule is Cc1cc(C)c(C(=O)OCC[P+](=O)c2ccccc2)c(C)c1. The van der Waals surface area contributed by atoms with Crippen molar-refractivity contribution in [3.8, 4) is 0 Å². The van der Waals surface area contributed by atoms with Gasteiger partial charge in [0.15, 0.2) is 11.5 Å². The average molecular weight is 315 g/mol. The molecule has 0 aliphatic rings. The molecule has 0 saturated heterocycles. The van der Waals surface area contributed by atoms with E-state index in [-0.39, 0.29) is 12.6 Å². The summed E-state index contributed by atoms with van der Waals surface area (Å²) in [7, 11) is -1.52. The van der Waals surface area contributed by atoms with Crippen LogP contribution in [0.25, 0.3) is 0 Å². The van der Waals surface area contributed by atoms with Crippen molar-refractivity contribution < 1.29 is 14.1 Å². The number of esters is 1. The van der Waals surface area contributed by atoms with Gasteiger partial charge in [0.05, 0.1) is 5.56 Å². The van der Waals surface area contributed by atoms with Gasteiger partial charge in [-0.05, 0) is 44.0 Å². The van der Waals surface area contributed by atoms with Crippen molar-refractivity contribution in [2.24, 2.45) is 0 Å². The van der Waals surface area contributed by atoms with Crippen molar-refractivity contribution in [3.63, 3.8) is 0 Å². The normalized spacial score (nSPS) is 11.1. The minimum absolute atomic E-state index is 0.162. The van der Waals surface area contributed by atoms with Crippen molar-refractivity contribution in [1.82, 2.24) is 0 Å². The predicted molar refractivity (Wildman–Crippen MR) is 89.5 cm³/mol. The van der Waals surface area contributed by atoms with Crippen molar-refractivity contribution in [2.45, 2.75) is 20.8 Å². The first-order valence-corrected chi connectivity index (χ1v) is 8.68. The van der Waals surface area contributed by atoms with Crippen LogP contribution in [0.2, 0.25) is 0 Å². The Kier molecular flexibility index (Phi) is 5.46. The summed E-state index contributed by atoms with van der Waals surface area (Å²) in [6.45, 7) is 5.97. The van der Waals surface area contributed by atoms with E-state index in [4.69, 9.17) is 4.74 Å². The minimum Gasteiger partial charge on any atom is -0.458 e. The molecule has 114 valence electrons. The summed E-state index contributed by atoms with van der Waals surface area (Å²) in [5.74, 6) is -0.341.